The molecule has 0 spiro atoms. The Labute approximate surface area is 183 Å². The maximum atomic E-state index is 12.8. The number of esters is 2. The van der Waals surface area contributed by atoms with E-state index in [4.69, 9.17) is 18.3 Å². The fourth-order valence-corrected chi connectivity index (χ4v) is 3.58. The molecular weight excluding hydrogens is 408 g/mol. The van der Waals surface area contributed by atoms with Crippen LogP contribution < -0.4 is 4.74 Å². The average molecular weight is 426 g/mol. The van der Waals surface area contributed by atoms with E-state index in [-0.39, 0.29) is 23.7 Å². The van der Waals surface area contributed by atoms with Crippen molar-refractivity contribution in [3.8, 4) is 17.1 Å². The lowest BCUT2D eigenvalue weighted by atomic mass is 10.1. The van der Waals surface area contributed by atoms with Gasteiger partial charge in [0, 0.05) is 16.3 Å². The van der Waals surface area contributed by atoms with Crippen molar-refractivity contribution < 1.29 is 27.9 Å². The van der Waals surface area contributed by atoms with E-state index >= 15 is 0 Å². The van der Waals surface area contributed by atoms with Gasteiger partial charge in [0.15, 0.2) is 0 Å². The van der Waals surface area contributed by atoms with Crippen molar-refractivity contribution in [3.63, 3.8) is 0 Å². The molecule has 0 unspecified atom stereocenters. The summed E-state index contributed by atoms with van der Waals surface area (Å²) < 4.78 is 22.3. The van der Waals surface area contributed by atoms with E-state index in [1.807, 2.05) is 48.5 Å². The van der Waals surface area contributed by atoms with Crippen LogP contribution in [0.25, 0.3) is 33.3 Å². The molecule has 6 nitrogen and oxygen atoms in total. The zero-order valence-corrected chi connectivity index (χ0v) is 17.2. The Morgan fingerprint density at radius 1 is 0.812 bits per heavy atom. The molecule has 0 bridgehead atoms. The third kappa shape index (κ3) is 3.52. The summed E-state index contributed by atoms with van der Waals surface area (Å²) in [6, 6.07) is 23.1. The number of hydrogen-bond donors (Lipinski definition) is 0. The molecule has 0 amide bonds. The monoisotopic (exact) mass is 426 g/mol. The minimum atomic E-state index is -0.634. The molecule has 0 atom stereocenters. The Hall–Kier alpha value is -4.32. The third-order valence-corrected chi connectivity index (χ3v) is 5.01. The largest absolute Gasteiger partial charge is 0.462 e. The molecule has 0 fully saturated rings. The van der Waals surface area contributed by atoms with Crippen molar-refractivity contribution in [1.29, 1.82) is 0 Å². The van der Waals surface area contributed by atoms with Crippen LogP contribution in [0.2, 0.25) is 0 Å². The SMILES string of the molecule is CCOC(=O)c1c(-c2ccccc2)oc2ccc(OC(=O)c3cc4ccccc4o3)cc12. The second kappa shape index (κ2) is 8.07. The maximum Gasteiger partial charge on any atom is 0.379 e. The Balaban J connectivity index is 1.54. The fraction of sp³-hybridized carbons (Fsp3) is 0.0769. The minimum Gasteiger partial charge on any atom is -0.462 e. The lowest BCUT2D eigenvalue weighted by Gasteiger charge is -2.04. The van der Waals surface area contributed by atoms with E-state index in [1.54, 1.807) is 37.3 Å². The first-order chi connectivity index (χ1) is 15.6. The normalized spacial score (nSPS) is 11.0. The third-order valence-electron chi connectivity index (χ3n) is 5.01. The van der Waals surface area contributed by atoms with Crippen molar-refractivity contribution in [2.45, 2.75) is 6.92 Å². The summed E-state index contributed by atoms with van der Waals surface area (Å²) >= 11 is 0. The first-order valence-electron chi connectivity index (χ1n) is 10.1. The van der Waals surface area contributed by atoms with E-state index in [0.29, 0.717) is 22.3 Å². The number of ether oxygens (including phenoxy) is 2. The molecule has 0 radical (unpaired) electrons. The van der Waals surface area contributed by atoms with Gasteiger partial charge in [0.1, 0.15) is 28.2 Å². The number of para-hydroxylation sites is 1. The molecule has 0 aliphatic carbocycles. The van der Waals surface area contributed by atoms with Crippen molar-refractivity contribution >= 4 is 33.9 Å². The van der Waals surface area contributed by atoms with Crippen molar-refractivity contribution in [2.24, 2.45) is 0 Å². The molecule has 32 heavy (non-hydrogen) atoms. The van der Waals surface area contributed by atoms with Crippen molar-refractivity contribution in [1.82, 2.24) is 0 Å². The summed E-state index contributed by atoms with van der Waals surface area (Å²) in [6.45, 7) is 1.96. The van der Waals surface area contributed by atoms with Crippen LogP contribution in [-0.2, 0) is 4.74 Å². The summed E-state index contributed by atoms with van der Waals surface area (Å²) in [4.78, 5) is 25.4. The summed E-state index contributed by atoms with van der Waals surface area (Å²) in [5.74, 6) is -0.390. The van der Waals surface area contributed by atoms with E-state index in [9.17, 15) is 9.59 Å². The fourth-order valence-electron chi connectivity index (χ4n) is 3.58. The predicted octanol–water partition coefficient (Wildman–Crippen LogP) is 6.24. The number of fused-ring (bicyclic) bond motifs is 2. The molecule has 3 aromatic carbocycles. The first kappa shape index (κ1) is 19.6. The Morgan fingerprint density at radius 3 is 2.38 bits per heavy atom. The van der Waals surface area contributed by atoms with Crippen molar-refractivity contribution in [3.05, 3.63) is 90.2 Å². The zero-order valence-electron chi connectivity index (χ0n) is 17.2. The molecule has 5 rings (SSSR count). The van der Waals surface area contributed by atoms with Crippen LogP contribution in [0.1, 0.15) is 27.8 Å². The number of carbonyl (C=O) groups excluding carboxylic acids is 2. The van der Waals surface area contributed by atoms with Crippen LogP contribution >= 0.6 is 0 Å². The van der Waals surface area contributed by atoms with Gasteiger partial charge in [-0.2, -0.15) is 0 Å². The Kier molecular flexibility index (Phi) is 4.95. The number of furan rings is 2. The van der Waals surface area contributed by atoms with Gasteiger partial charge >= 0.3 is 11.9 Å². The molecule has 2 aromatic heterocycles. The lowest BCUT2D eigenvalue weighted by Crippen LogP contribution is -2.07. The molecule has 0 aliphatic rings. The molecule has 0 saturated carbocycles. The topological polar surface area (TPSA) is 78.9 Å². The van der Waals surface area contributed by atoms with Gasteiger partial charge < -0.3 is 18.3 Å². The summed E-state index contributed by atoms with van der Waals surface area (Å²) in [5, 5.41) is 1.30. The molecule has 0 saturated heterocycles. The van der Waals surface area contributed by atoms with Crippen LogP contribution in [0.15, 0.2) is 87.7 Å². The van der Waals surface area contributed by atoms with E-state index < -0.39 is 11.9 Å². The van der Waals surface area contributed by atoms with Crippen LogP contribution in [0.3, 0.4) is 0 Å². The average Bonchev–Trinajstić information content (AvgIpc) is 3.41. The standard InChI is InChI=1S/C26H18O6/c1-2-29-26(28)23-19-15-18(12-13-21(19)32-24(23)16-8-4-3-5-9-16)30-25(27)22-14-17-10-6-7-11-20(17)31-22/h3-15H,2H2,1H3. The second-order valence-corrected chi connectivity index (χ2v) is 7.09. The summed E-state index contributed by atoms with van der Waals surface area (Å²) in [5.41, 5.74) is 2.11. The van der Waals surface area contributed by atoms with Gasteiger partial charge in [0.25, 0.3) is 0 Å². The van der Waals surface area contributed by atoms with Crippen molar-refractivity contribution in [2.75, 3.05) is 6.61 Å². The van der Waals surface area contributed by atoms with Gasteiger partial charge in [-0.1, -0.05) is 48.5 Å². The van der Waals surface area contributed by atoms with Gasteiger partial charge in [-0.05, 0) is 37.3 Å². The van der Waals surface area contributed by atoms with Crippen LogP contribution in [0, 0.1) is 0 Å². The number of hydrogen-bond acceptors (Lipinski definition) is 6. The van der Waals surface area contributed by atoms with E-state index in [0.717, 1.165) is 10.9 Å². The molecule has 158 valence electrons. The molecule has 6 heteroatoms. The van der Waals surface area contributed by atoms with E-state index in [1.165, 1.54) is 0 Å². The van der Waals surface area contributed by atoms with Gasteiger partial charge in [-0.3, -0.25) is 0 Å². The molecule has 0 aliphatic heterocycles. The number of benzene rings is 3. The van der Waals surface area contributed by atoms with Gasteiger partial charge in [-0.15, -0.1) is 0 Å². The molecule has 5 aromatic rings. The minimum absolute atomic E-state index is 0.0917. The highest BCUT2D eigenvalue weighted by molar-refractivity contribution is 6.09. The highest BCUT2D eigenvalue weighted by Crippen LogP contribution is 2.36. The second-order valence-electron chi connectivity index (χ2n) is 7.09. The molecule has 2 heterocycles. The maximum absolute atomic E-state index is 12.8. The van der Waals surface area contributed by atoms with Crippen LogP contribution in [0.5, 0.6) is 5.75 Å². The predicted molar refractivity (Wildman–Crippen MR) is 119 cm³/mol. The summed E-state index contributed by atoms with van der Waals surface area (Å²) in [6.07, 6.45) is 0. The molecule has 0 N–H and O–H groups in total. The zero-order chi connectivity index (χ0) is 22.1. The summed E-state index contributed by atoms with van der Waals surface area (Å²) in [7, 11) is 0. The number of carbonyl (C=O) groups is 2. The highest BCUT2D eigenvalue weighted by Gasteiger charge is 2.24. The van der Waals surface area contributed by atoms with Gasteiger partial charge in [-0.25, -0.2) is 9.59 Å². The highest BCUT2D eigenvalue weighted by atomic mass is 16.5. The first-order valence-corrected chi connectivity index (χ1v) is 10.1. The lowest BCUT2D eigenvalue weighted by molar-refractivity contribution is 0.0528. The van der Waals surface area contributed by atoms with Crippen LogP contribution in [0.4, 0.5) is 0 Å². The molecular formula is C26H18O6. The van der Waals surface area contributed by atoms with Crippen LogP contribution in [-0.4, -0.2) is 18.5 Å². The van der Waals surface area contributed by atoms with Gasteiger partial charge in [0.2, 0.25) is 5.76 Å². The Morgan fingerprint density at radius 2 is 1.59 bits per heavy atom. The van der Waals surface area contributed by atoms with E-state index in [2.05, 4.69) is 0 Å². The van der Waals surface area contributed by atoms with Gasteiger partial charge in [0.05, 0.1) is 6.61 Å². The quantitative estimate of drug-likeness (QED) is 0.244. The Bertz CT molecular complexity index is 1410. The smallest absolute Gasteiger partial charge is 0.379 e. The number of rotatable bonds is 5.